The van der Waals surface area contributed by atoms with Gasteiger partial charge in [0.2, 0.25) is 5.78 Å². The van der Waals surface area contributed by atoms with Gasteiger partial charge in [0, 0.05) is 11.6 Å². The molecule has 1 aromatic heterocycles. The molecule has 0 amide bonds. The average Bonchev–Trinajstić information content (AvgIpc) is 3.21. The molecule has 3 aromatic carbocycles. The summed E-state index contributed by atoms with van der Waals surface area (Å²) in [6, 6.07) is 22.9. The molecule has 0 saturated carbocycles. The van der Waals surface area contributed by atoms with Gasteiger partial charge in [0.15, 0.2) is 11.5 Å². The van der Waals surface area contributed by atoms with E-state index in [1.807, 2.05) is 60.7 Å². The van der Waals surface area contributed by atoms with E-state index < -0.39 is 11.0 Å². The summed E-state index contributed by atoms with van der Waals surface area (Å²) in [6.45, 7) is 0.680. The van der Waals surface area contributed by atoms with E-state index in [9.17, 15) is 9.59 Å². The van der Waals surface area contributed by atoms with Crippen LogP contribution in [0.4, 0.5) is 0 Å². The summed E-state index contributed by atoms with van der Waals surface area (Å²) in [7, 11) is 0. The molecule has 4 aromatic rings. The Hall–Kier alpha value is -3.57. The number of nitrogens with one attached hydrogen (secondary N) is 1. The molecule has 5 nitrogen and oxygen atoms in total. The second-order valence-corrected chi connectivity index (χ2v) is 7.01. The molecular formula is C24H18ClNO4. The SMILES string of the molecule is O=C(Cl)C(=O)c1c[nH]c2c(OCc3ccccc3)c(OCc3ccccc3)ccc12. The summed E-state index contributed by atoms with van der Waals surface area (Å²) in [5, 5.41) is -0.490. The lowest BCUT2D eigenvalue weighted by molar-refractivity contribution is -0.108. The van der Waals surface area contributed by atoms with Gasteiger partial charge in [-0.05, 0) is 34.9 Å². The number of aromatic amines is 1. The number of carbonyl (C=O) groups excluding carboxylic acids is 2. The Balaban J connectivity index is 1.69. The van der Waals surface area contributed by atoms with Crippen molar-refractivity contribution in [3.63, 3.8) is 0 Å². The molecule has 0 spiro atoms. The van der Waals surface area contributed by atoms with Crippen molar-refractivity contribution >= 4 is 33.5 Å². The first-order valence-corrected chi connectivity index (χ1v) is 9.73. The van der Waals surface area contributed by atoms with E-state index in [0.717, 1.165) is 11.1 Å². The first kappa shape index (κ1) is 19.7. The third kappa shape index (κ3) is 4.21. The highest BCUT2D eigenvalue weighted by Gasteiger charge is 2.21. The molecule has 1 heterocycles. The van der Waals surface area contributed by atoms with E-state index in [1.165, 1.54) is 6.20 Å². The molecule has 0 radical (unpaired) electrons. The fourth-order valence-electron chi connectivity index (χ4n) is 3.17. The van der Waals surface area contributed by atoms with Crippen LogP contribution in [0.25, 0.3) is 10.9 Å². The second-order valence-electron chi connectivity index (χ2n) is 6.67. The van der Waals surface area contributed by atoms with Crippen LogP contribution in [0.5, 0.6) is 11.5 Å². The highest BCUT2D eigenvalue weighted by Crippen LogP contribution is 2.37. The number of ketones is 1. The molecule has 0 aliphatic heterocycles. The molecule has 150 valence electrons. The van der Waals surface area contributed by atoms with Gasteiger partial charge < -0.3 is 14.5 Å². The molecule has 0 aliphatic carbocycles. The number of fused-ring (bicyclic) bond motifs is 1. The summed E-state index contributed by atoms with van der Waals surface area (Å²) in [4.78, 5) is 26.5. The molecule has 0 bridgehead atoms. The van der Waals surface area contributed by atoms with Gasteiger partial charge in [0.05, 0.1) is 11.1 Å². The molecule has 0 unspecified atom stereocenters. The maximum Gasteiger partial charge on any atom is 0.293 e. The lowest BCUT2D eigenvalue weighted by Crippen LogP contribution is -2.06. The van der Waals surface area contributed by atoms with Crippen LogP contribution in [0, 0.1) is 0 Å². The van der Waals surface area contributed by atoms with Crippen LogP contribution in [-0.4, -0.2) is 16.0 Å². The topological polar surface area (TPSA) is 68.4 Å². The van der Waals surface area contributed by atoms with Gasteiger partial charge in [-0.2, -0.15) is 0 Å². The molecule has 0 fully saturated rings. The Bertz CT molecular complexity index is 1190. The third-order valence-electron chi connectivity index (χ3n) is 4.66. The molecule has 1 N–H and O–H groups in total. The minimum Gasteiger partial charge on any atom is -0.485 e. The van der Waals surface area contributed by atoms with Gasteiger partial charge in [-0.1, -0.05) is 60.7 Å². The number of Topliss-reactive ketones (excluding diaryl/α,β-unsaturated/α-hetero) is 1. The maximum absolute atomic E-state index is 12.1. The second kappa shape index (κ2) is 8.84. The number of rotatable bonds is 8. The quantitative estimate of drug-likeness (QED) is 0.240. The predicted octanol–water partition coefficient (Wildman–Crippen LogP) is 5.27. The Morgan fingerprint density at radius 2 is 1.40 bits per heavy atom. The molecule has 6 heteroatoms. The van der Waals surface area contributed by atoms with Crippen molar-refractivity contribution < 1.29 is 19.1 Å². The van der Waals surface area contributed by atoms with Gasteiger partial charge in [-0.3, -0.25) is 9.59 Å². The number of ether oxygens (including phenoxy) is 2. The smallest absolute Gasteiger partial charge is 0.293 e. The molecule has 4 rings (SSSR count). The fourth-order valence-corrected chi connectivity index (χ4v) is 3.27. The summed E-state index contributed by atoms with van der Waals surface area (Å²) in [5.41, 5.74) is 2.77. The largest absolute Gasteiger partial charge is 0.485 e. The van der Waals surface area contributed by atoms with E-state index in [-0.39, 0.29) is 5.56 Å². The van der Waals surface area contributed by atoms with Gasteiger partial charge in [-0.15, -0.1) is 0 Å². The van der Waals surface area contributed by atoms with E-state index in [2.05, 4.69) is 4.98 Å². The highest BCUT2D eigenvalue weighted by atomic mass is 35.5. The van der Waals surface area contributed by atoms with Crippen molar-refractivity contribution in [2.24, 2.45) is 0 Å². The van der Waals surface area contributed by atoms with Gasteiger partial charge >= 0.3 is 0 Å². The summed E-state index contributed by atoms with van der Waals surface area (Å²) in [5.74, 6) is 0.226. The van der Waals surface area contributed by atoms with Crippen LogP contribution in [0.2, 0.25) is 0 Å². The first-order valence-electron chi connectivity index (χ1n) is 9.35. The van der Waals surface area contributed by atoms with Crippen LogP contribution < -0.4 is 9.47 Å². The zero-order valence-corrected chi connectivity index (χ0v) is 16.7. The lowest BCUT2D eigenvalue weighted by Gasteiger charge is -2.14. The number of hydrogen-bond donors (Lipinski definition) is 1. The van der Waals surface area contributed by atoms with E-state index >= 15 is 0 Å². The van der Waals surface area contributed by atoms with Crippen molar-refractivity contribution in [2.75, 3.05) is 0 Å². The standard InChI is InChI=1S/C24H18ClNO4/c25-24(28)22(27)19-13-26-21-18(19)11-12-20(29-14-16-7-3-1-4-8-16)23(21)30-15-17-9-5-2-6-10-17/h1-13,26H,14-15H2. The zero-order chi connectivity index (χ0) is 20.9. The van der Waals surface area contributed by atoms with E-state index in [4.69, 9.17) is 21.1 Å². The summed E-state index contributed by atoms with van der Waals surface area (Å²) >= 11 is 5.39. The van der Waals surface area contributed by atoms with E-state index in [0.29, 0.717) is 35.6 Å². The van der Waals surface area contributed by atoms with Crippen molar-refractivity contribution in [3.05, 3.63) is 95.7 Å². The van der Waals surface area contributed by atoms with Crippen molar-refractivity contribution in [3.8, 4) is 11.5 Å². The monoisotopic (exact) mass is 419 g/mol. The van der Waals surface area contributed by atoms with Crippen LogP contribution >= 0.6 is 11.6 Å². The van der Waals surface area contributed by atoms with Crippen LogP contribution in [0.3, 0.4) is 0 Å². The predicted molar refractivity (Wildman–Crippen MR) is 115 cm³/mol. The van der Waals surface area contributed by atoms with Gasteiger partial charge in [0.25, 0.3) is 5.24 Å². The van der Waals surface area contributed by atoms with Crippen LogP contribution in [0.1, 0.15) is 21.5 Å². The van der Waals surface area contributed by atoms with Crippen molar-refractivity contribution in [1.29, 1.82) is 0 Å². The zero-order valence-electron chi connectivity index (χ0n) is 15.9. The Morgan fingerprint density at radius 3 is 2.00 bits per heavy atom. The molecule has 30 heavy (non-hydrogen) atoms. The van der Waals surface area contributed by atoms with Crippen molar-refractivity contribution in [2.45, 2.75) is 13.2 Å². The molecular weight excluding hydrogens is 402 g/mol. The summed E-state index contributed by atoms with van der Waals surface area (Å²) < 4.78 is 12.1. The van der Waals surface area contributed by atoms with Gasteiger partial charge in [-0.25, -0.2) is 0 Å². The number of hydrogen-bond acceptors (Lipinski definition) is 4. The van der Waals surface area contributed by atoms with Crippen molar-refractivity contribution in [1.82, 2.24) is 4.98 Å². The Morgan fingerprint density at radius 1 is 0.800 bits per heavy atom. The third-order valence-corrected chi connectivity index (χ3v) is 4.83. The Kier molecular flexibility index (Phi) is 5.82. The van der Waals surface area contributed by atoms with Gasteiger partial charge in [0.1, 0.15) is 13.2 Å². The minimum atomic E-state index is -1.04. The molecule has 0 aliphatic rings. The van der Waals surface area contributed by atoms with Crippen LogP contribution in [-0.2, 0) is 18.0 Å². The number of carbonyl (C=O) groups is 2. The number of H-pyrrole nitrogens is 1. The maximum atomic E-state index is 12.1. The summed E-state index contributed by atoms with van der Waals surface area (Å²) in [6.07, 6.45) is 1.46. The van der Waals surface area contributed by atoms with E-state index in [1.54, 1.807) is 12.1 Å². The Labute approximate surface area is 178 Å². The van der Waals surface area contributed by atoms with Crippen LogP contribution in [0.15, 0.2) is 79.0 Å². The fraction of sp³-hybridized carbons (Fsp3) is 0.0833. The lowest BCUT2D eigenvalue weighted by atomic mass is 10.1. The minimum absolute atomic E-state index is 0.198. The molecule has 0 atom stereocenters. The molecule has 0 saturated heterocycles. The number of benzene rings is 3. The average molecular weight is 420 g/mol. The first-order chi connectivity index (χ1) is 14.6. The number of aromatic nitrogens is 1. The normalized spacial score (nSPS) is 10.7. The highest BCUT2D eigenvalue weighted by molar-refractivity contribution is 6.83. The number of halogens is 1.